The molecule has 0 saturated carbocycles. The Bertz CT molecular complexity index is 213. The zero-order valence-electron chi connectivity index (χ0n) is 5.78. The fourth-order valence-electron chi connectivity index (χ4n) is 0.574. The van der Waals surface area contributed by atoms with Gasteiger partial charge in [0.05, 0.1) is 0 Å². The molecule has 0 aliphatic heterocycles. The van der Waals surface area contributed by atoms with Crippen LogP contribution in [-0.2, 0) is 0 Å². The van der Waals surface area contributed by atoms with Crippen LogP contribution in [0.1, 0.15) is 25.4 Å². The van der Waals surface area contributed by atoms with Crippen LogP contribution in [0.3, 0.4) is 0 Å². The van der Waals surface area contributed by atoms with Crippen molar-refractivity contribution in [1.82, 2.24) is 14.8 Å². The van der Waals surface area contributed by atoms with E-state index in [-0.39, 0.29) is 5.82 Å². The third-order valence-corrected chi connectivity index (χ3v) is 1.10. The summed E-state index contributed by atoms with van der Waals surface area (Å²) in [6, 6.07) is 0. The number of nitrogens with zero attached hydrogens (tertiary/aromatic N) is 3. The van der Waals surface area contributed by atoms with E-state index in [1.807, 2.05) is 0 Å². The minimum atomic E-state index is -2.70. The first-order valence-corrected chi connectivity index (χ1v) is 2.98. The molecule has 1 heterocycles. The van der Waals surface area contributed by atoms with E-state index >= 15 is 0 Å². The number of alkyl halides is 2. The Morgan fingerprint density at radius 2 is 2.27 bits per heavy atom. The average Bonchev–Trinajstić information content (AvgIpc) is 2.33. The molecule has 0 radical (unpaired) electrons. The Morgan fingerprint density at radius 1 is 1.64 bits per heavy atom. The van der Waals surface area contributed by atoms with Gasteiger partial charge in [-0.15, -0.1) is 5.10 Å². The molecule has 1 aromatic heterocycles. The summed E-state index contributed by atoms with van der Waals surface area (Å²) in [4.78, 5) is 3.46. The molecular formula is C5H7F2N3O. The van der Waals surface area contributed by atoms with Crippen LogP contribution in [0, 0.1) is 0 Å². The van der Waals surface area contributed by atoms with Crippen molar-refractivity contribution in [2.45, 2.75) is 19.6 Å². The zero-order valence-corrected chi connectivity index (χ0v) is 5.78. The minimum absolute atomic E-state index is 0.00491. The molecule has 6 heteroatoms. The van der Waals surface area contributed by atoms with Crippen LogP contribution in [-0.4, -0.2) is 19.9 Å². The standard InChI is InChI=1S/C5H7F2N3O/c1-3(11)4-8-2-10(9-4)5(6)7/h2-3,5,11H,1H3. The summed E-state index contributed by atoms with van der Waals surface area (Å²) < 4.78 is 24.0. The second-order valence-corrected chi connectivity index (χ2v) is 2.04. The van der Waals surface area contributed by atoms with Crippen LogP contribution < -0.4 is 0 Å². The van der Waals surface area contributed by atoms with E-state index in [9.17, 15) is 8.78 Å². The van der Waals surface area contributed by atoms with Crippen LogP contribution >= 0.6 is 0 Å². The Hall–Kier alpha value is -1.04. The molecule has 1 atom stereocenters. The number of halogens is 2. The van der Waals surface area contributed by atoms with Crippen LogP contribution in [0.25, 0.3) is 0 Å². The highest BCUT2D eigenvalue weighted by molar-refractivity contribution is 4.84. The lowest BCUT2D eigenvalue weighted by atomic mass is 10.4. The van der Waals surface area contributed by atoms with Crippen molar-refractivity contribution in [3.63, 3.8) is 0 Å². The predicted molar refractivity (Wildman–Crippen MR) is 31.9 cm³/mol. The van der Waals surface area contributed by atoms with Gasteiger partial charge in [0, 0.05) is 0 Å². The SMILES string of the molecule is CC(O)c1ncn(C(F)F)n1. The molecule has 0 aliphatic carbocycles. The average molecular weight is 163 g/mol. The van der Waals surface area contributed by atoms with Gasteiger partial charge >= 0.3 is 6.55 Å². The highest BCUT2D eigenvalue weighted by atomic mass is 19.3. The summed E-state index contributed by atoms with van der Waals surface area (Å²) in [5.41, 5.74) is 0. The summed E-state index contributed by atoms with van der Waals surface area (Å²) in [5, 5.41) is 12.2. The maximum Gasteiger partial charge on any atom is 0.334 e. The van der Waals surface area contributed by atoms with Gasteiger partial charge < -0.3 is 5.11 Å². The van der Waals surface area contributed by atoms with Gasteiger partial charge in [0.1, 0.15) is 12.4 Å². The number of hydrogen-bond donors (Lipinski definition) is 1. The van der Waals surface area contributed by atoms with E-state index in [0.29, 0.717) is 4.68 Å². The first-order valence-electron chi connectivity index (χ1n) is 2.98. The van der Waals surface area contributed by atoms with Crippen LogP contribution in [0.2, 0.25) is 0 Å². The van der Waals surface area contributed by atoms with E-state index in [2.05, 4.69) is 10.1 Å². The van der Waals surface area contributed by atoms with Gasteiger partial charge in [-0.05, 0) is 6.92 Å². The van der Waals surface area contributed by atoms with Gasteiger partial charge in [-0.1, -0.05) is 0 Å². The fourth-order valence-corrected chi connectivity index (χ4v) is 0.574. The van der Waals surface area contributed by atoms with Crippen molar-refractivity contribution in [1.29, 1.82) is 0 Å². The predicted octanol–water partition coefficient (Wildman–Crippen LogP) is 0.726. The van der Waals surface area contributed by atoms with Crippen LogP contribution in [0.5, 0.6) is 0 Å². The summed E-state index contributed by atoms with van der Waals surface area (Å²) in [6.07, 6.45) is -0.0257. The van der Waals surface area contributed by atoms with E-state index < -0.39 is 12.7 Å². The van der Waals surface area contributed by atoms with Crippen molar-refractivity contribution >= 4 is 0 Å². The van der Waals surface area contributed by atoms with E-state index in [4.69, 9.17) is 5.11 Å². The molecule has 0 bridgehead atoms. The second-order valence-electron chi connectivity index (χ2n) is 2.04. The quantitative estimate of drug-likeness (QED) is 0.699. The molecular weight excluding hydrogens is 156 g/mol. The lowest BCUT2D eigenvalue weighted by Crippen LogP contribution is -2.00. The van der Waals surface area contributed by atoms with Crippen molar-refractivity contribution in [3.05, 3.63) is 12.2 Å². The molecule has 0 saturated heterocycles. The second kappa shape index (κ2) is 2.91. The third kappa shape index (κ3) is 1.70. The van der Waals surface area contributed by atoms with Gasteiger partial charge in [-0.25, -0.2) is 4.98 Å². The lowest BCUT2D eigenvalue weighted by molar-refractivity contribution is 0.0547. The molecule has 1 N–H and O–H groups in total. The highest BCUT2D eigenvalue weighted by Crippen LogP contribution is 2.10. The number of hydrogen-bond acceptors (Lipinski definition) is 3. The molecule has 0 amide bonds. The molecule has 1 aromatic rings. The molecule has 4 nitrogen and oxygen atoms in total. The van der Waals surface area contributed by atoms with Crippen molar-refractivity contribution in [2.75, 3.05) is 0 Å². The molecule has 0 aromatic carbocycles. The van der Waals surface area contributed by atoms with Gasteiger partial charge in [-0.3, -0.25) is 0 Å². The molecule has 11 heavy (non-hydrogen) atoms. The van der Waals surface area contributed by atoms with Gasteiger partial charge in [0.2, 0.25) is 0 Å². The monoisotopic (exact) mass is 163 g/mol. The summed E-state index contributed by atoms with van der Waals surface area (Å²) in [6.45, 7) is -1.29. The van der Waals surface area contributed by atoms with E-state index in [1.54, 1.807) is 0 Å². The zero-order chi connectivity index (χ0) is 8.43. The van der Waals surface area contributed by atoms with Crippen LogP contribution in [0.15, 0.2) is 6.33 Å². The summed E-state index contributed by atoms with van der Waals surface area (Å²) in [5.74, 6) is 0.00491. The van der Waals surface area contributed by atoms with Crippen LogP contribution in [0.4, 0.5) is 8.78 Å². The minimum Gasteiger partial charge on any atom is -0.385 e. The smallest absolute Gasteiger partial charge is 0.334 e. The molecule has 0 fully saturated rings. The largest absolute Gasteiger partial charge is 0.385 e. The van der Waals surface area contributed by atoms with E-state index in [1.165, 1.54) is 6.92 Å². The number of aromatic nitrogens is 3. The summed E-state index contributed by atoms with van der Waals surface area (Å²) in [7, 11) is 0. The Morgan fingerprint density at radius 3 is 2.55 bits per heavy atom. The third-order valence-electron chi connectivity index (χ3n) is 1.10. The van der Waals surface area contributed by atoms with Gasteiger partial charge in [-0.2, -0.15) is 13.5 Å². The Balaban J connectivity index is 2.82. The Labute approximate surface area is 61.5 Å². The highest BCUT2D eigenvalue weighted by Gasteiger charge is 2.11. The molecule has 62 valence electrons. The van der Waals surface area contributed by atoms with Crippen molar-refractivity contribution in [2.24, 2.45) is 0 Å². The maximum absolute atomic E-state index is 11.8. The van der Waals surface area contributed by atoms with Crippen molar-refractivity contribution in [3.8, 4) is 0 Å². The van der Waals surface area contributed by atoms with Gasteiger partial charge in [0.15, 0.2) is 5.82 Å². The number of rotatable bonds is 2. The fraction of sp³-hybridized carbons (Fsp3) is 0.600. The first-order chi connectivity index (χ1) is 5.11. The number of aliphatic hydroxyl groups excluding tert-OH is 1. The molecule has 0 aliphatic rings. The normalized spacial score (nSPS) is 13.9. The number of aliphatic hydroxyl groups is 1. The molecule has 0 spiro atoms. The lowest BCUT2D eigenvalue weighted by Gasteiger charge is -1.96. The Kier molecular flexibility index (Phi) is 2.13. The maximum atomic E-state index is 11.8. The molecule has 1 rings (SSSR count). The van der Waals surface area contributed by atoms with Gasteiger partial charge in [0.25, 0.3) is 0 Å². The summed E-state index contributed by atoms with van der Waals surface area (Å²) >= 11 is 0. The first kappa shape index (κ1) is 8.06. The van der Waals surface area contributed by atoms with E-state index in [0.717, 1.165) is 6.33 Å². The van der Waals surface area contributed by atoms with Crippen molar-refractivity contribution < 1.29 is 13.9 Å². The topological polar surface area (TPSA) is 50.9 Å². The molecule has 1 unspecified atom stereocenters.